The van der Waals surface area contributed by atoms with Gasteiger partial charge in [0.05, 0.1) is 5.25 Å². The summed E-state index contributed by atoms with van der Waals surface area (Å²) in [6, 6.07) is 17.5. The van der Waals surface area contributed by atoms with Gasteiger partial charge in [-0.15, -0.1) is 0 Å². The summed E-state index contributed by atoms with van der Waals surface area (Å²) in [6.07, 6.45) is 3.62. The van der Waals surface area contributed by atoms with E-state index in [2.05, 4.69) is 4.98 Å². The van der Waals surface area contributed by atoms with E-state index in [1.807, 2.05) is 79.3 Å². The van der Waals surface area contributed by atoms with Crippen LogP contribution in [0.2, 0.25) is 5.02 Å². The van der Waals surface area contributed by atoms with Crippen LogP contribution >= 0.6 is 23.4 Å². The van der Waals surface area contributed by atoms with E-state index in [4.69, 9.17) is 11.6 Å². The number of hydrogen-bond donors (Lipinski definition) is 0. The van der Waals surface area contributed by atoms with Gasteiger partial charge in [-0.2, -0.15) is 0 Å². The molecule has 0 aliphatic heterocycles. The summed E-state index contributed by atoms with van der Waals surface area (Å²) in [5.41, 5.74) is 2.08. The second-order valence-corrected chi connectivity index (χ2v) is 7.74. The highest BCUT2D eigenvalue weighted by atomic mass is 35.5. The Balaban J connectivity index is 1.68. The fraction of sp³-hybridized carbons (Fsp3) is 0.200. The Morgan fingerprint density at radius 2 is 1.88 bits per heavy atom. The van der Waals surface area contributed by atoms with Crippen LogP contribution in [0.15, 0.2) is 72.1 Å². The second kappa shape index (κ2) is 8.43. The van der Waals surface area contributed by atoms with Gasteiger partial charge >= 0.3 is 0 Å². The summed E-state index contributed by atoms with van der Waals surface area (Å²) < 4.78 is 1.96. The molecule has 1 aromatic heterocycles. The molecule has 3 aromatic rings. The van der Waals surface area contributed by atoms with Crippen LogP contribution in [-0.2, 0) is 11.3 Å². The number of carbonyl (C=O) groups is 1. The standard InChI is InChI=1S/C20H20ClN3OS/c1-15(19(25)23(2)14-16-6-4-3-5-7-16)26-20-22-12-13-24(20)18-10-8-17(21)9-11-18/h3-13,15H,14H2,1-2H3. The molecule has 1 unspecified atom stereocenters. The highest BCUT2D eigenvalue weighted by molar-refractivity contribution is 8.00. The number of rotatable bonds is 6. The van der Waals surface area contributed by atoms with Gasteiger partial charge in [0.2, 0.25) is 5.91 Å². The van der Waals surface area contributed by atoms with Crippen LogP contribution < -0.4 is 0 Å². The molecule has 0 radical (unpaired) electrons. The minimum Gasteiger partial charge on any atom is -0.340 e. The van der Waals surface area contributed by atoms with Crippen molar-refractivity contribution in [1.82, 2.24) is 14.5 Å². The molecule has 0 bridgehead atoms. The van der Waals surface area contributed by atoms with Gasteiger partial charge < -0.3 is 4.90 Å². The molecular weight excluding hydrogens is 366 g/mol. The summed E-state index contributed by atoms with van der Waals surface area (Å²) in [5, 5.41) is 1.23. The molecule has 0 fully saturated rings. The van der Waals surface area contributed by atoms with Gasteiger partial charge in [0, 0.05) is 36.7 Å². The molecule has 26 heavy (non-hydrogen) atoms. The lowest BCUT2D eigenvalue weighted by Gasteiger charge is -2.21. The molecule has 2 aromatic carbocycles. The number of aromatic nitrogens is 2. The van der Waals surface area contributed by atoms with Gasteiger partial charge in [-0.3, -0.25) is 9.36 Å². The van der Waals surface area contributed by atoms with Crippen LogP contribution in [0.4, 0.5) is 0 Å². The van der Waals surface area contributed by atoms with E-state index in [-0.39, 0.29) is 11.2 Å². The maximum Gasteiger partial charge on any atom is 0.235 e. The third kappa shape index (κ3) is 4.48. The van der Waals surface area contributed by atoms with E-state index in [0.717, 1.165) is 16.4 Å². The van der Waals surface area contributed by atoms with E-state index >= 15 is 0 Å². The Morgan fingerprint density at radius 1 is 1.19 bits per heavy atom. The number of carbonyl (C=O) groups excluding carboxylic acids is 1. The number of nitrogens with zero attached hydrogens (tertiary/aromatic N) is 3. The van der Waals surface area contributed by atoms with Gasteiger partial charge in [-0.1, -0.05) is 53.7 Å². The van der Waals surface area contributed by atoms with E-state index in [1.54, 1.807) is 11.1 Å². The zero-order chi connectivity index (χ0) is 18.5. The van der Waals surface area contributed by atoms with Crippen molar-refractivity contribution >= 4 is 29.3 Å². The molecule has 0 aliphatic rings. The Labute approximate surface area is 162 Å². The molecule has 0 saturated carbocycles. The Hall–Kier alpha value is -2.24. The predicted octanol–water partition coefficient (Wildman–Crippen LogP) is 4.66. The van der Waals surface area contributed by atoms with Gasteiger partial charge in [0.1, 0.15) is 0 Å². The summed E-state index contributed by atoms with van der Waals surface area (Å²) in [4.78, 5) is 18.9. The van der Waals surface area contributed by atoms with Crippen molar-refractivity contribution < 1.29 is 4.79 Å². The molecule has 6 heteroatoms. The fourth-order valence-corrected chi connectivity index (χ4v) is 3.75. The van der Waals surface area contributed by atoms with Gasteiger partial charge in [-0.05, 0) is 36.8 Å². The molecule has 0 saturated heterocycles. The zero-order valence-corrected chi connectivity index (χ0v) is 16.2. The molecule has 0 spiro atoms. The summed E-state index contributed by atoms with van der Waals surface area (Å²) in [5.74, 6) is 0.0736. The fourth-order valence-electron chi connectivity index (χ4n) is 2.63. The van der Waals surface area contributed by atoms with E-state index in [1.165, 1.54) is 11.8 Å². The van der Waals surface area contributed by atoms with Crippen LogP contribution in [0.1, 0.15) is 12.5 Å². The molecule has 1 heterocycles. The van der Waals surface area contributed by atoms with E-state index in [9.17, 15) is 4.79 Å². The van der Waals surface area contributed by atoms with E-state index in [0.29, 0.717) is 11.6 Å². The average Bonchev–Trinajstić information content (AvgIpc) is 3.10. The molecule has 1 atom stereocenters. The van der Waals surface area contributed by atoms with E-state index < -0.39 is 0 Å². The molecule has 3 rings (SSSR count). The second-order valence-electron chi connectivity index (χ2n) is 6.00. The van der Waals surface area contributed by atoms with Gasteiger partial charge in [0.25, 0.3) is 0 Å². The van der Waals surface area contributed by atoms with Crippen molar-refractivity contribution in [3.63, 3.8) is 0 Å². The van der Waals surface area contributed by atoms with Crippen molar-refractivity contribution in [2.24, 2.45) is 0 Å². The first-order chi connectivity index (χ1) is 12.5. The Kier molecular flexibility index (Phi) is 6.01. The molecule has 1 amide bonds. The van der Waals surface area contributed by atoms with Crippen LogP contribution in [0.5, 0.6) is 0 Å². The number of thioether (sulfide) groups is 1. The lowest BCUT2D eigenvalue weighted by atomic mass is 10.2. The SMILES string of the molecule is CC(Sc1nccn1-c1ccc(Cl)cc1)C(=O)N(C)Cc1ccccc1. The monoisotopic (exact) mass is 385 g/mol. The van der Waals surface area contributed by atoms with Crippen molar-refractivity contribution in [2.45, 2.75) is 23.9 Å². The van der Waals surface area contributed by atoms with Gasteiger partial charge in [-0.25, -0.2) is 4.98 Å². The predicted molar refractivity (Wildman–Crippen MR) is 107 cm³/mol. The lowest BCUT2D eigenvalue weighted by Crippen LogP contribution is -2.32. The lowest BCUT2D eigenvalue weighted by molar-refractivity contribution is -0.129. The zero-order valence-electron chi connectivity index (χ0n) is 14.7. The number of hydrogen-bond acceptors (Lipinski definition) is 3. The molecular formula is C20H20ClN3OS. The minimum atomic E-state index is -0.239. The first-order valence-corrected chi connectivity index (χ1v) is 9.55. The van der Waals surface area contributed by atoms with Crippen molar-refractivity contribution in [3.8, 4) is 5.69 Å². The first-order valence-electron chi connectivity index (χ1n) is 8.29. The van der Waals surface area contributed by atoms with Crippen LogP contribution in [-0.4, -0.2) is 32.7 Å². The summed E-state index contributed by atoms with van der Waals surface area (Å²) in [6.45, 7) is 2.51. The molecule has 0 aliphatic carbocycles. The Morgan fingerprint density at radius 3 is 2.58 bits per heavy atom. The van der Waals surface area contributed by atoms with Crippen molar-refractivity contribution in [1.29, 1.82) is 0 Å². The number of imidazole rings is 1. The molecule has 4 nitrogen and oxygen atoms in total. The van der Waals surface area contributed by atoms with Crippen molar-refractivity contribution in [3.05, 3.63) is 77.6 Å². The van der Waals surface area contributed by atoms with Crippen LogP contribution in [0.3, 0.4) is 0 Å². The smallest absolute Gasteiger partial charge is 0.235 e. The molecule has 0 N–H and O–H groups in total. The quantitative estimate of drug-likeness (QED) is 0.579. The highest BCUT2D eigenvalue weighted by Gasteiger charge is 2.21. The minimum absolute atomic E-state index is 0.0736. The van der Waals surface area contributed by atoms with Crippen LogP contribution in [0.25, 0.3) is 5.69 Å². The van der Waals surface area contributed by atoms with Gasteiger partial charge in [0.15, 0.2) is 5.16 Å². The maximum atomic E-state index is 12.7. The average molecular weight is 386 g/mol. The normalized spacial score (nSPS) is 12.0. The third-order valence-corrected chi connectivity index (χ3v) is 5.30. The maximum absolute atomic E-state index is 12.7. The number of amides is 1. The van der Waals surface area contributed by atoms with Crippen LogP contribution in [0, 0.1) is 0 Å². The topological polar surface area (TPSA) is 38.1 Å². The van der Waals surface area contributed by atoms with Crippen molar-refractivity contribution in [2.75, 3.05) is 7.05 Å². The number of halogens is 1. The summed E-state index contributed by atoms with van der Waals surface area (Å²) in [7, 11) is 1.83. The molecule has 134 valence electrons. The largest absolute Gasteiger partial charge is 0.340 e. The highest BCUT2D eigenvalue weighted by Crippen LogP contribution is 2.26. The Bertz CT molecular complexity index is 864. The number of benzene rings is 2. The third-order valence-electron chi connectivity index (χ3n) is 3.98. The first kappa shape index (κ1) is 18.5. The summed E-state index contributed by atoms with van der Waals surface area (Å²) >= 11 is 7.41.